The largest absolute Gasteiger partial charge is 0.464 e. The van der Waals surface area contributed by atoms with Crippen LogP contribution in [0.4, 0.5) is 13.2 Å². The number of allylic oxidation sites excluding steroid dienone is 1. The normalized spacial score (nSPS) is 33.0. The second-order valence-corrected chi connectivity index (χ2v) is 9.42. The van der Waals surface area contributed by atoms with Crippen molar-refractivity contribution >= 4 is 11.9 Å². The molecule has 190 valence electrons. The molecule has 0 amide bonds. The molecule has 1 aromatic carbocycles. The summed E-state index contributed by atoms with van der Waals surface area (Å²) in [7, 11) is 0. The Kier molecular flexibility index (Phi) is 6.85. The zero-order chi connectivity index (χ0) is 25.5. The SMILES string of the molecule is C=C1C(=O)O[C@H]2[C@H]1C[C@H](OC(C(=O)OCC)c1ccccc1C(F)(F)F)/C(C)=C/CC[C@@]1(C)O[C@@H]21. The fourth-order valence-corrected chi connectivity index (χ4v) is 4.97. The monoisotopic (exact) mass is 494 g/mol. The van der Waals surface area contributed by atoms with Crippen molar-refractivity contribution in [3.05, 3.63) is 59.2 Å². The summed E-state index contributed by atoms with van der Waals surface area (Å²) in [6, 6.07) is 4.80. The summed E-state index contributed by atoms with van der Waals surface area (Å²) in [4.78, 5) is 25.2. The van der Waals surface area contributed by atoms with Crippen LogP contribution < -0.4 is 0 Å². The lowest BCUT2D eigenvalue weighted by atomic mass is 9.83. The first-order valence-corrected chi connectivity index (χ1v) is 11.7. The van der Waals surface area contributed by atoms with Gasteiger partial charge in [-0.15, -0.1) is 0 Å². The number of carbonyl (C=O) groups is 2. The van der Waals surface area contributed by atoms with Gasteiger partial charge < -0.3 is 18.9 Å². The Bertz CT molecular complexity index is 1050. The van der Waals surface area contributed by atoms with Crippen molar-refractivity contribution in [1.82, 2.24) is 0 Å². The lowest BCUT2D eigenvalue weighted by Crippen LogP contribution is -2.34. The van der Waals surface area contributed by atoms with Crippen LogP contribution in [0.5, 0.6) is 0 Å². The number of fused-ring (bicyclic) bond motifs is 3. The molecule has 1 unspecified atom stereocenters. The molecule has 6 nitrogen and oxygen atoms in total. The van der Waals surface area contributed by atoms with E-state index < -0.39 is 53.5 Å². The number of hydrogen-bond donors (Lipinski definition) is 0. The fourth-order valence-electron chi connectivity index (χ4n) is 4.97. The molecular formula is C26H29F3O6. The van der Waals surface area contributed by atoms with E-state index in [4.69, 9.17) is 18.9 Å². The van der Waals surface area contributed by atoms with Crippen LogP contribution in [-0.2, 0) is 34.7 Å². The molecule has 2 heterocycles. The summed E-state index contributed by atoms with van der Waals surface area (Å²) < 4.78 is 64.1. The van der Waals surface area contributed by atoms with Crippen molar-refractivity contribution < 1.29 is 41.7 Å². The number of alkyl halides is 3. The van der Waals surface area contributed by atoms with Crippen molar-refractivity contribution in [1.29, 1.82) is 0 Å². The highest BCUT2D eigenvalue weighted by atomic mass is 19.4. The highest BCUT2D eigenvalue weighted by Gasteiger charge is 2.62. The predicted octanol–water partition coefficient (Wildman–Crippen LogP) is 5.08. The number of epoxide rings is 1. The molecule has 2 fully saturated rings. The molecule has 0 radical (unpaired) electrons. The minimum absolute atomic E-state index is 0.0200. The average Bonchev–Trinajstić information content (AvgIpc) is 3.38. The minimum Gasteiger partial charge on any atom is -0.464 e. The maximum Gasteiger partial charge on any atom is 0.416 e. The highest BCUT2D eigenvalue weighted by molar-refractivity contribution is 5.91. The summed E-state index contributed by atoms with van der Waals surface area (Å²) in [5.74, 6) is -1.91. The Hall–Kier alpha value is -2.65. The molecule has 2 aliphatic heterocycles. The van der Waals surface area contributed by atoms with Crippen molar-refractivity contribution in [2.24, 2.45) is 5.92 Å². The molecule has 0 bridgehead atoms. The van der Waals surface area contributed by atoms with E-state index in [1.807, 2.05) is 13.0 Å². The third-order valence-electron chi connectivity index (χ3n) is 7.02. The number of hydrogen-bond acceptors (Lipinski definition) is 6. The second-order valence-electron chi connectivity index (χ2n) is 9.42. The molecule has 35 heavy (non-hydrogen) atoms. The summed E-state index contributed by atoms with van der Waals surface area (Å²) in [5, 5.41) is 0. The predicted molar refractivity (Wildman–Crippen MR) is 119 cm³/mol. The molecule has 6 atom stereocenters. The van der Waals surface area contributed by atoms with E-state index in [9.17, 15) is 22.8 Å². The first-order chi connectivity index (χ1) is 16.5. The van der Waals surface area contributed by atoms with E-state index >= 15 is 0 Å². The summed E-state index contributed by atoms with van der Waals surface area (Å²) in [5.41, 5.74) is -0.716. The van der Waals surface area contributed by atoms with Crippen LogP contribution in [0.3, 0.4) is 0 Å². The molecule has 2 saturated heterocycles. The summed E-state index contributed by atoms with van der Waals surface area (Å²) in [6.07, 6.45) is -4.52. The van der Waals surface area contributed by atoms with E-state index in [0.29, 0.717) is 12.8 Å². The Balaban J connectivity index is 1.71. The van der Waals surface area contributed by atoms with Crippen molar-refractivity contribution in [2.45, 2.75) is 76.2 Å². The van der Waals surface area contributed by atoms with E-state index in [1.165, 1.54) is 18.2 Å². The first-order valence-electron chi connectivity index (χ1n) is 11.7. The Morgan fingerprint density at radius 1 is 1.31 bits per heavy atom. The molecule has 1 aromatic rings. The average molecular weight is 495 g/mol. The maximum absolute atomic E-state index is 13.8. The number of esters is 2. The van der Waals surface area contributed by atoms with Crippen molar-refractivity contribution in [2.75, 3.05) is 6.61 Å². The molecule has 4 rings (SSSR count). The lowest BCUT2D eigenvalue weighted by Gasteiger charge is -2.30. The number of carbonyl (C=O) groups excluding carboxylic acids is 2. The molecule has 0 aromatic heterocycles. The number of halogens is 3. The van der Waals surface area contributed by atoms with Gasteiger partial charge in [-0.05, 0) is 51.7 Å². The number of benzene rings is 1. The fraction of sp³-hybridized carbons (Fsp3) is 0.538. The molecular weight excluding hydrogens is 465 g/mol. The van der Waals surface area contributed by atoms with Crippen molar-refractivity contribution in [3.63, 3.8) is 0 Å². The summed E-state index contributed by atoms with van der Waals surface area (Å²) in [6.45, 7) is 9.20. The zero-order valence-corrected chi connectivity index (χ0v) is 19.9. The maximum atomic E-state index is 13.8. The van der Waals surface area contributed by atoms with Gasteiger partial charge in [0.2, 0.25) is 0 Å². The molecule has 9 heteroatoms. The molecule has 0 saturated carbocycles. The van der Waals surface area contributed by atoms with Gasteiger partial charge in [0.05, 0.1) is 23.9 Å². The summed E-state index contributed by atoms with van der Waals surface area (Å²) >= 11 is 0. The van der Waals surface area contributed by atoms with E-state index in [0.717, 1.165) is 11.6 Å². The second kappa shape index (κ2) is 9.43. The number of rotatable bonds is 5. The molecule has 3 aliphatic rings. The van der Waals surface area contributed by atoms with Gasteiger partial charge in [0.15, 0.2) is 6.10 Å². The van der Waals surface area contributed by atoms with Gasteiger partial charge >= 0.3 is 18.1 Å². The molecule has 0 N–H and O–H groups in total. The lowest BCUT2D eigenvalue weighted by molar-refractivity contribution is -0.162. The van der Waals surface area contributed by atoms with Crippen molar-refractivity contribution in [3.8, 4) is 0 Å². The highest BCUT2D eigenvalue weighted by Crippen LogP contribution is 2.50. The van der Waals surface area contributed by atoms with E-state index in [1.54, 1.807) is 13.8 Å². The Morgan fingerprint density at radius 3 is 2.71 bits per heavy atom. The first kappa shape index (κ1) is 25.4. The van der Waals surface area contributed by atoms with E-state index in [-0.39, 0.29) is 30.3 Å². The Labute approximate surface area is 202 Å². The van der Waals surface area contributed by atoms with Crippen LogP contribution in [0.1, 0.15) is 57.3 Å². The minimum atomic E-state index is -4.69. The molecule has 0 spiro atoms. The topological polar surface area (TPSA) is 74.4 Å². The quantitative estimate of drug-likeness (QED) is 0.246. The van der Waals surface area contributed by atoms with Crippen LogP contribution in [0.15, 0.2) is 48.1 Å². The van der Waals surface area contributed by atoms with E-state index in [2.05, 4.69) is 6.58 Å². The van der Waals surface area contributed by atoms with Gasteiger partial charge in [-0.25, -0.2) is 9.59 Å². The van der Waals surface area contributed by atoms with Gasteiger partial charge in [0.1, 0.15) is 12.2 Å². The van der Waals surface area contributed by atoms with Crippen LogP contribution >= 0.6 is 0 Å². The third kappa shape index (κ3) is 5.02. The smallest absolute Gasteiger partial charge is 0.416 e. The van der Waals surface area contributed by atoms with Gasteiger partial charge in [-0.1, -0.05) is 30.9 Å². The van der Waals surface area contributed by atoms with Gasteiger partial charge in [0, 0.05) is 17.1 Å². The third-order valence-corrected chi connectivity index (χ3v) is 7.02. The van der Waals surface area contributed by atoms with Gasteiger partial charge in [-0.3, -0.25) is 0 Å². The zero-order valence-electron chi connectivity index (χ0n) is 19.9. The van der Waals surface area contributed by atoms with Crippen LogP contribution in [0.2, 0.25) is 0 Å². The van der Waals surface area contributed by atoms with Crippen LogP contribution in [0, 0.1) is 5.92 Å². The Morgan fingerprint density at radius 2 is 2.03 bits per heavy atom. The molecule has 1 aliphatic carbocycles. The standard InChI is InChI=1S/C26H29F3O6/c1-5-32-24(31)21(16-10-6-7-11-18(16)26(27,28)29)33-19-13-17-15(3)23(30)34-20(17)22-25(4,35-22)12-8-9-14(19)2/h6-7,9-11,17,19-22H,3,5,8,12-13H2,1-2,4H3/b14-9+/t17-,19-,20-,21?,22-,25+/m0/s1. The number of ether oxygens (including phenoxy) is 4. The van der Waals surface area contributed by atoms with Crippen LogP contribution in [-0.4, -0.2) is 42.5 Å². The van der Waals surface area contributed by atoms with Gasteiger partial charge in [-0.2, -0.15) is 13.2 Å². The van der Waals surface area contributed by atoms with Gasteiger partial charge in [0.25, 0.3) is 0 Å². The van der Waals surface area contributed by atoms with Crippen LogP contribution in [0.25, 0.3) is 0 Å².